The molecule has 0 aromatic rings. The van der Waals surface area contributed by atoms with E-state index in [-0.39, 0.29) is 30.6 Å². The van der Waals surface area contributed by atoms with Crippen molar-refractivity contribution in [3.05, 3.63) is 12.2 Å². The molecule has 144 valence electrons. The molecule has 0 atom stereocenters. The molecule has 0 unspecified atom stereocenters. The maximum absolute atomic E-state index is 12.1. The third-order valence-electron chi connectivity index (χ3n) is 4.41. The van der Waals surface area contributed by atoms with Crippen LogP contribution in [0.3, 0.4) is 0 Å². The molecule has 0 aromatic heterocycles. The molecule has 0 spiro atoms. The molecule has 1 aliphatic rings. The second kappa shape index (κ2) is 11.2. The van der Waals surface area contributed by atoms with E-state index in [1.54, 1.807) is 13.0 Å². The number of carbonyl (C=O) groups is 5. The lowest BCUT2D eigenvalue weighted by atomic mass is 9.82. The van der Waals surface area contributed by atoms with Crippen molar-refractivity contribution in [1.29, 1.82) is 0 Å². The number of carbonyl (C=O) groups excluding carboxylic acids is 5. The molecule has 8 nitrogen and oxygen atoms in total. The van der Waals surface area contributed by atoms with E-state index in [4.69, 9.17) is 4.84 Å². The van der Waals surface area contributed by atoms with Crippen LogP contribution in [0.25, 0.3) is 0 Å². The molecule has 1 rings (SSSR count). The summed E-state index contributed by atoms with van der Waals surface area (Å²) < 4.78 is 0. The summed E-state index contributed by atoms with van der Waals surface area (Å²) in [7, 11) is 1.35. The van der Waals surface area contributed by atoms with Gasteiger partial charge < -0.3 is 9.63 Å². The highest BCUT2D eigenvalue weighted by molar-refractivity contribution is 5.94. The van der Waals surface area contributed by atoms with Gasteiger partial charge in [-0.25, -0.2) is 4.79 Å². The minimum Gasteiger partial charge on any atom is -0.338 e. The topological polar surface area (TPSA) is 101 Å². The van der Waals surface area contributed by atoms with E-state index in [0.29, 0.717) is 44.9 Å². The van der Waals surface area contributed by atoms with Gasteiger partial charge in [0.15, 0.2) is 0 Å². The molecule has 8 heteroatoms. The van der Waals surface area contributed by atoms with Crippen LogP contribution in [0.15, 0.2) is 12.2 Å². The van der Waals surface area contributed by atoms with Crippen molar-refractivity contribution >= 4 is 30.5 Å². The summed E-state index contributed by atoms with van der Waals surface area (Å²) in [4.78, 5) is 63.1. The molecule has 0 saturated heterocycles. The number of allylic oxidation sites excluding steroid dienone is 1. The Labute approximate surface area is 153 Å². The van der Waals surface area contributed by atoms with E-state index in [0.717, 1.165) is 9.96 Å². The predicted octanol–water partition coefficient (Wildman–Crippen LogP) is 1.25. The average Bonchev–Trinajstić information content (AvgIpc) is 2.64. The van der Waals surface area contributed by atoms with Crippen LogP contribution in [0.2, 0.25) is 0 Å². The van der Waals surface area contributed by atoms with Gasteiger partial charge in [-0.3, -0.25) is 19.3 Å². The zero-order valence-electron chi connectivity index (χ0n) is 15.3. The molecule has 0 aromatic carbocycles. The standard InChI is InChI=1S/C18H26N2O6/c1-3-5-17(24)20(13-22)12-14-7-9-15(10-8-14)18(25)26-19(2)16(23)6-4-11-21/h3,5,11,13-15H,4,6-10,12H2,1-2H3/b5-3-. The molecule has 0 N–H and O–H groups in total. The predicted molar refractivity (Wildman–Crippen MR) is 92.2 cm³/mol. The van der Waals surface area contributed by atoms with Crippen LogP contribution in [0.4, 0.5) is 0 Å². The number of amides is 3. The molecule has 1 aliphatic carbocycles. The van der Waals surface area contributed by atoms with Crippen molar-refractivity contribution in [3.63, 3.8) is 0 Å². The normalized spacial score (nSPS) is 19.6. The van der Waals surface area contributed by atoms with Crippen molar-refractivity contribution in [2.24, 2.45) is 11.8 Å². The fourth-order valence-electron chi connectivity index (χ4n) is 2.88. The lowest BCUT2D eigenvalue weighted by molar-refractivity contribution is -0.197. The first-order chi connectivity index (χ1) is 12.4. The van der Waals surface area contributed by atoms with Crippen LogP contribution in [0.5, 0.6) is 0 Å². The Morgan fingerprint density at radius 1 is 1.12 bits per heavy atom. The van der Waals surface area contributed by atoms with Crippen LogP contribution in [0.1, 0.15) is 45.4 Å². The van der Waals surface area contributed by atoms with Crippen LogP contribution in [0, 0.1) is 11.8 Å². The van der Waals surface area contributed by atoms with E-state index >= 15 is 0 Å². The van der Waals surface area contributed by atoms with Gasteiger partial charge in [-0.15, -0.1) is 0 Å². The van der Waals surface area contributed by atoms with Gasteiger partial charge in [-0.05, 0) is 44.6 Å². The highest BCUT2D eigenvalue weighted by Crippen LogP contribution is 2.30. The quantitative estimate of drug-likeness (QED) is 0.364. The minimum absolute atomic E-state index is 0.00177. The lowest BCUT2D eigenvalue weighted by Crippen LogP contribution is -2.37. The zero-order valence-corrected chi connectivity index (χ0v) is 15.3. The van der Waals surface area contributed by atoms with Gasteiger partial charge in [0, 0.05) is 26.4 Å². The van der Waals surface area contributed by atoms with Gasteiger partial charge in [0.25, 0.3) is 11.8 Å². The number of hydrogen-bond donors (Lipinski definition) is 0. The molecule has 0 heterocycles. The number of nitrogens with zero attached hydrogens (tertiary/aromatic N) is 2. The first-order valence-electron chi connectivity index (χ1n) is 8.73. The minimum atomic E-state index is -0.470. The monoisotopic (exact) mass is 366 g/mol. The van der Waals surface area contributed by atoms with Crippen molar-refractivity contribution in [3.8, 4) is 0 Å². The average molecular weight is 366 g/mol. The molecule has 0 aliphatic heterocycles. The van der Waals surface area contributed by atoms with Gasteiger partial charge in [-0.1, -0.05) is 6.08 Å². The summed E-state index contributed by atoms with van der Waals surface area (Å²) >= 11 is 0. The van der Waals surface area contributed by atoms with Crippen molar-refractivity contribution in [1.82, 2.24) is 9.96 Å². The molecule has 1 saturated carbocycles. The highest BCUT2D eigenvalue weighted by Gasteiger charge is 2.30. The number of imide groups is 1. The van der Waals surface area contributed by atoms with E-state index < -0.39 is 11.9 Å². The molecule has 3 amide bonds. The highest BCUT2D eigenvalue weighted by atomic mass is 16.7. The smallest absolute Gasteiger partial charge is 0.335 e. The second-order valence-corrected chi connectivity index (χ2v) is 6.32. The van der Waals surface area contributed by atoms with Crippen molar-refractivity contribution in [2.75, 3.05) is 13.6 Å². The lowest BCUT2D eigenvalue weighted by Gasteiger charge is -2.30. The maximum atomic E-state index is 12.1. The fourth-order valence-corrected chi connectivity index (χ4v) is 2.88. The largest absolute Gasteiger partial charge is 0.338 e. The Hall–Kier alpha value is -2.51. The van der Waals surface area contributed by atoms with E-state index in [1.807, 2.05) is 0 Å². The summed E-state index contributed by atoms with van der Waals surface area (Å²) in [5, 5.41) is 0.877. The van der Waals surface area contributed by atoms with E-state index in [9.17, 15) is 24.0 Å². The van der Waals surface area contributed by atoms with Crippen molar-refractivity contribution in [2.45, 2.75) is 45.4 Å². The number of hydrogen-bond acceptors (Lipinski definition) is 6. The maximum Gasteiger partial charge on any atom is 0.335 e. The van der Waals surface area contributed by atoms with Gasteiger partial charge in [0.05, 0.1) is 5.92 Å². The number of hydroxylamine groups is 2. The van der Waals surface area contributed by atoms with Crippen LogP contribution < -0.4 is 0 Å². The van der Waals surface area contributed by atoms with Gasteiger partial charge in [0.2, 0.25) is 6.41 Å². The molecule has 26 heavy (non-hydrogen) atoms. The Bertz CT molecular complexity index is 552. The molecule has 0 radical (unpaired) electrons. The second-order valence-electron chi connectivity index (χ2n) is 6.32. The molecular formula is C18H26N2O6. The first kappa shape index (κ1) is 21.5. The van der Waals surface area contributed by atoms with Crippen LogP contribution in [-0.2, 0) is 28.8 Å². The Morgan fingerprint density at radius 3 is 2.31 bits per heavy atom. The fraction of sp³-hybridized carbons (Fsp3) is 0.611. The summed E-state index contributed by atoms with van der Waals surface area (Å²) in [5.74, 6) is -1.42. The Kier molecular flexibility index (Phi) is 9.25. The number of rotatable bonds is 8. The Balaban J connectivity index is 2.43. The van der Waals surface area contributed by atoms with Gasteiger partial charge in [-0.2, -0.15) is 5.06 Å². The van der Waals surface area contributed by atoms with Crippen LogP contribution in [-0.4, -0.2) is 54.0 Å². The third-order valence-corrected chi connectivity index (χ3v) is 4.41. The van der Waals surface area contributed by atoms with Crippen molar-refractivity contribution < 1.29 is 28.8 Å². The van der Waals surface area contributed by atoms with Crippen LogP contribution >= 0.6 is 0 Å². The Morgan fingerprint density at radius 2 is 1.77 bits per heavy atom. The molecular weight excluding hydrogens is 340 g/mol. The van der Waals surface area contributed by atoms with E-state index in [2.05, 4.69) is 0 Å². The summed E-state index contributed by atoms with van der Waals surface area (Å²) in [6, 6.07) is 0. The van der Waals surface area contributed by atoms with Gasteiger partial charge in [0.1, 0.15) is 6.29 Å². The van der Waals surface area contributed by atoms with E-state index in [1.165, 1.54) is 13.1 Å². The summed E-state index contributed by atoms with van der Waals surface area (Å²) in [5.41, 5.74) is 0. The molecule has 1 fully saturated rings. The zero-order chi connectivity index (χ0) is 19.5. The first-order valence-corrected chi connectivity index (χ1v) is 8.73. The summed E-state index contributed by atoms with van der Waals surface area (Å²) in [6.45, 7) is 2.04. The summed E-state index contributed by atoms with van der Waals surface area (Å²) in [6.07, 6.45) is 6.71. The number of aldehydes is 1. The SMILES string of the molecule is C/C=C\C(=O)N(C=O)CC1CCC(C(=O)ON(C)C(=O)CCC=O)CC1. The van der Waals surface area contributed by atoms with Gasteiger partial charge >= 0.3 is 5.97 Å². The molecule has 0 bridgehead atoms. The third kappa shape index (κ3) is 6.78.